The van der Waals surface area contributed by atoms with Gasteiger partial charge in [0.15, 0.2) is 5.78 Å². The van der Waals surface area contributed by atoms with E-state index in [1.54, 1.807) is 6.20 Å². The molecular formula is C24H28N4OS. The molecule has 156 valence electrons. The lowest BCUT2D eigenvalue weighted by Gasteiger charge is -2.22. The SMILES string of the molecule is CNc1cc(-c2[nH]c3c(c2Nc2ccccc2)C(=O)CC(CSC(C)C)C3)ccn1. The number of H-pyrrole nitrogens is 1. The summed E-state index contributed by atoms with van der Waals surface area (Å²) in [5, 5.41) is 7.19. The molecule has 1 unspecified atom stereocenters. The molecule has 0 saturated heterocycles. The quantitative estimate of drug-likeness (QED) is 0.454. The monoisotopic (exact) mass is 420 g/mol. The first-order chi connectivity index (χ1) is 14.5. The van der Waals surface area contributed by atoms with Gasteiger partial charge in [-0.1, -0.05) is 32.0 Å². The number of fused-ring (bicyclic) bond motifs is 1. The third kappa shape index (κ3) is 4.38. The zero-order valence-electron chi connectivity index (χ0n) is 17.7. The van der Waals surface area contributed by atoms with Gasteiger partial charge in [0.25, 0.3) is 0 Å². The largest absolute Gasteiger partial charge is 0.373 e. The Balaban J connectivity index is 1.76. The number of nitrogens with one attached hydrogen (secondary N) is 3. The van der Waals surface area contributed by atoms with Crippen LogP contribution in [0.25, 0.3) is 11.3 Å². The zero-order chi connectivity index (χ0) is 21.1. The minimum absolute atomic E-state index is 0.217. The van der Waals surface area contributed by atoms with Crippen molar-refractivity contribution in [2.45, 2.75) is 31.9 Å². The number of ketones is 1. The van der Waals surface area contributed by atoms with Crippen LogP contribution in [0.2, 0.25) is 0 Å². The summed E-state index contributed by atoms with van der Waals surface area (Å²) >= 11 is 1.93. The second-order valence-corrected chi connectivity index (χ2v) is 9.59. The van der Waals surface area contributed by atoms with Crippen LogP contribution in [0.5, 0.6) is 0 Å². The van der Waals surface area contributed by atoms with Crippen molar-refractivity contribution in [1.82, 2.24) is 9.97 Å². The summed E-state index contributed by atoms with van der Waals surface area (Å²) in [6.07, 6.45) is 3.29. The number of pyridine rings is 1. The third-order valence-corrected chi connectivity index (χ3v) is 6.67. The molecule has 2 heterocycles. The molecule has 0 bridgehead atoms. The molecular weight excluding hydrogens is 392 g/mol. The molecule has 5 nitrogen and oxygen atoms in total. The molecule has 1 aromatic carbocycles. The Morgan fingerprint density at radius 1 is 1.20 bits per heavy atom. The Hall–Kier alpha value is -2.73. The maximum Gasteiger partial charge on any atom is 0.167 e. The average molecular weight is 421 g/mol. The van der Waals surface area contributed by atoms with Gasteiger partial charge in [0.1, 0.15) is 5.82 Å². The van der Waals surface area contributed by atoms with E-state index < -0.39 is 0 Å². The van der Waals surface area contributed by atoms with E-state index in [0.717, 1.165) is 51.9 Å². The molecule has 4 rings (SSSR count). The second-order valence-electron chi connectivity index (χ2n) is 7.98. The molecule has 1 aliphatic carbocycles. The number of nitrogens with zero attached hydrogens (tertiary/aromatic N) is 1. The Kier molecular flexibility index (Phi) is 6.13. The number of anilines is 3. The summed E-state index contributed by atoms with van der Waals surface area (Å²) in [5.74, 6) is 2.40. The fourth-order valence-electron chi connectivity index (χ4n) is 3.91. The fourth-order valence-corrected chi connectivity index (χ4v) is 4.81. The minimum Gasteiger partial charge on any atom is -0.373 e. The molecule has 1 aliphatic rings. The number of Topliss-reactive ketones (excluding diaryl/α,β-unsaturated/α-hetero) is 1. The van der Waals surface area contributed by atoms with E-state index >= 15 is 0 Å². The van der Waals surface area contributed by atoms with Gasteiger partial charge in [0.2, 0.25) is 0 Å². The highest BCUT2D eigenvalue weighted by Gasteiger charge is 2.32. The van der Waals surface area contributed by atoms with Gasteiger partial charge < -0.3 is 15.6 Å². The normalized spacial score (nSPS) is 15.9. The van der Waals surface area contributed by atoms with Crippen LogP contribution in [0.4, 0.5) is 17.2 Å². The van der Waals surface area contributed by atoms with Gasteiger partial charge in [-0.05, 0) is 47.6 Å². The molecule has 6 heteroatoms. The Labute approximate surface area is 182 Å². The van der Waals surface area contributed by atoms with Crippen LogP contribution in [0.1, 0.15) is 36.3 Å². The highest BCUT2D eigenvalue weighted by atomic mass is 32.2. The first-order valence-corrected chi connectivity index (χ1v) is 11.5. The van der Waals surface area contributed by atoms with Gasteiger partial charge >= 0.3 is 0 Å². The number of carbonyl (C=O) groups is 1. The molecule has 3 aromatic rings. The molecule has 3 N–H and O–H groups in total. The number of benzene rings is 1. The summed E-state index contributed by atoms with van der Waals surface area (Å²) in [6, 6.07) is 14.0. The van der Waals surface area contributed by atoms with E-state index in [1.807, 2.05) is 61.3 Å². The second kappa shape index (κ2) is 8.96. The zero-order valence-corrected chi connectivity index (χ0v) is 18.5. The first-order valence-electron chi connectivity index (χ1n) is 10.4. The van der Waals surface area contributed by atoms with Gasteiger partial charge in [-0.2, -0.15) is 11.8 Å². The number of rotatable bonds is 7. The van der Waals surface area contributed by atoms with E-state index in [-0.39, 0.29) is 5.78 Å². The van der Waals surface area contributed by atoms with E-state index in [2.05, 4.69) is 34.4 Å². The Bertz CT molecular complexity index is 1030. The topological polar surface area (TPSA) is 69.8 Å². The van der Waals surface area contributed by atoms with Crippen LogP contribution in [0.15, 0.2) is 48.7 Å². The van der Waals surface area contributed by atoms with Crippen LogP contribution in [-0.4, -0.2) is 33.8 Å². The number of carbonyl (C=O) groups excluding carboxylic acids is 1. The van der Waals surface area contributed by atoms with Crippen LogP contribution >= 0.6 is 11.8 Å². The number of para-hydroxylation sites is 1. The Morgan fingerprint density at radius 3 is 2.73 bits per heavy atom. The number of hydrogen-bond donors (Lipinski definition) is 3. The van der Waals surface area contributed by atoms with Gasteiger partial charge in [0.05, 0.1) is 16.9 Å². The number of hydrogen-bond acceptors (Lipinski definition) is 5. The van der Waals surface area contributed by atoms with Crippen molar-refractivity contribution in [2.75, 3.05) is 23.4 Å². The summed E-state index contributed by atoms with van der Waals surface area (Å²) < 4.78 is 0. The summed E-state index contributed by atoms with van der Waals surface area (Å²) in [6.45, 7) is 4.41. The number of aromatic amines is 1. The number of thioether (sulfide) groups is 1. The van der Waals surface area contributed by atoms with Gasteiger partial charge in [0, 0.05) is 36.6 Å². The maximum atomic E-state index is 13.2. The average Bonchev–Trinajstić information content (AvgIpc) is 3.11. The van der Waals surface area contributed by atoms with Crippen LogP contribution in [-0.2, 0) is 6.42 Å². The van der Waals surface area contributed by atoms with Crippen molar-refractivity contribution in [1.29, 1.82) is 0 Å². The molecule has 0 amide bonds. The Morgan fingerprint density at radius 2 is 2.00 bits per heavy atom. The standard InChI is InChI=1S/C24H28N4OS/c1-15(2)30-14-16-11-19-22(20(29)12-16)24(27-18-7-5-4-6-8-18)23(28-19)17-9-10-26-21(13-17)25-3/h4-10,13,15-16,27-28H,11-12,14H2,1-3H3,(H,25,26). The van der Waals surface area contributed by atoms with Crippen molar-refractivity contribution in [3.8, 4) is 11.3 Å². The summed E-state index contributed by atoms with van der Waals surface area (Å²) in [4.78, 5) is 21.1. The summed E-state index contributed by atoms with van der Waals surface area (Å²) in [5.41, 5.74) is 5.62. The van der Waals surface area contributed by atoms with E-state index in [4.69, 9.17) is 0 Å². The first kappa shape index (κ1) is 20.5. The van der Waals surface area contributed by atoms with Crippen molar-refractivity contribution in [3.05, 3.63) is 59.9 Å². The molecule has 1 atom stereocenters. The van der Waals surface area contributed by atoms with Crippen molar-refractivity contribution >= 4 is 34.7 Å². The lowest BCUT2D eigenvalue weighted by Crippen LogP contribution is -2.22. The van der Waals surface area contributed by atoms with Crippen molar-refractivity contribution in [3.63, 3.8) is 0 Å². The number of aromatic nitrogens is 2. The lowest BCUT2D eigenvalue weighted by atomic mass is 9.87. The molecule has 2 aromatic heterocycles. The van der Waals surface area contributed by atoms with Gasteiger partial charge in [-0.15, -0.1) is 0 Å². The molecule has 30 heavy (non-hydrogen) atoms. The van der Waals surface area contributed by atoms with Crippen LogP contribution in [0, 0.1) is 5.92 Å². The highest BCUT2D eigenvalue weighted by Crippen LogP contribution is 2.40. The minimum atomic E-state index is 0.217. The van der Waals surface area contributed by atoms with E-state index in [1.165, 1.54) is 0 Å². The van der Waals surface area contributed by atoms with Crippen molar-refractivity contribution < 1.29 is 4.79 Å². The van der Waals surface area contributed by atoms with E-state index in [0.29, 0.717) is 17.6 Å². The predicted molar refractivity (Wildman–Crippen MR) is 127 cm³/mol. The van der Waals surface area contributed by atoms with Gasteiger partial charge in [-0.3, -0.25) is 4.79 Å². The lowest BCUT2D eigenvalue weighted by molar-refractivity contribution is 0.0955. The highest BCUT2D eigenvalue weighted by molar-refractivity contribution is 7.99. The predicted octanol–water partition coefficient (Wildman–Crippen LogP) is 5.75. The van der Waals surface area contributed by atoms with Gasteiger partial charge in [-0.25, -0.2) is 4.98 Å². The van der Waals surface area contributed by atoms with Crippen LogP contribution in [0.3, 0.4) is 0 Å². The summed E-state index contributed by atoms with van der Waals surface area (Å²) in [7, 11) is 1.86. The van der Waals surface area contributed by atoms with Crippen molar-refractivity contribution in [2.24, 2.45) is 5.92 Å². The smallest absolute Gasteiger partial charge is 0.167 e. The fraction of sp³-hybridized carbons (Fsp3) is 0.333. The van der Waals surface area contributed by atoms with Crippen LogP contribution < -0.4 is 10.6 Å². The molecule has 0 fully saturated rings. The third-order valence-electron chi connectivity index (χ3n) is 5.34. The molecule has 0 saturated carbocycles. The molecule has 0 aliphatic heterocycles. The molecule has 0 radical (unpaired) electrons. The van der Waals surface area contributed by atoms with E-state index in [9.17, 15) is 4.79 Å². The maximum absolute atomic E-state index is 13.2. The molecule has 0 spiro atoms.